The van der Waals surface area contributed by atoms with E-state index in [1.54, 1.807) is 20.4 Å². The Hall–Kier alpha value is -3.73. The summed E-state index contributed by atoms with van der Waals surface area (Å²) in [6.07, 6.45) is 1.65. The number of anilines is 3. The molecule has 2 heterocycles. The number of benzene rings is 2. The molecule has 4 aromatic rings. The number of methoxy groups -OCH3 is 2. The van der Waals surface area contributed by atoms with Gasteiger partial charge in [-0.2, -0.15) is 10.1 Å². The van der Waals surface area contributed by atoms with E-state index < -0.39 is 0 Å². The van der Waals surface area contributed by atoms with Crippen molar-refractivity contribution in [2.24, 2.45) is 5.10 Å². The third-order valence-electron chi connectivity index (χ3n) is 4.03. The maximum atomic E-state index is 5.23. The van der Waals surface area contributed by atoms with Gasteiger partial charge in [-0.25, -0.2) is 9.61 Å². The standard InChI is InChI=1S/C19H16BrN7O3/c1-28-13-6-4-12(5-7-13)22-16-17(24-19-18(23-16)26-30-27-19)25-21-10-11-3-8-15(29-2)14(20)9-11/h3-10H,1-2H3,(H,22,23,26)(H,24,25,27)/b21-10+. The molecule has 0 bridgehead atoms. The number of halogens is 1. The first-order valence-corrected chi connectivity index (χ1v) is 9.49. The molecule has 0 aliphatic heterocycles. The number of hydrogen-bond acceptors (Lipinski definition) is 10. The molecule has 0 fully saturated rings. The lowest BCUT2D eigenvalue weighted by Gasteiger charge is -2.10. The lowest BCUT2D eigenvalue weighted by molar-refractivity contribution is 0.314. The fourth-order valence-electron chi connectivity index (χ4n) is 2.54. The van der Waals surface area contributed by atoms with E-state index in [-0.39, 0.29) is 11.3 Å². The van der Waals surface area contributed by atoms with E-state index >= 15 is 0 Å². The molecule has 0 amide bonds. The molecule has 11 heteroatoms. The van der Waals surface area contributed by atoms with Crippen molar-refractivity contribution in [2.75, 3.05) is 25.0 Å². The van der Waals surface area contributed by atoms with Crippen LogP contribution in [0.5, 0.6) is 11.5 Å². The smallest absolute Gasteiger partial charge is 0.245 e. The van der Waals surface area contributed by atoms with Crippen molar-refractivity contribution in [3.05, 3.63) is 52.5 Å². The van der Waals surface area contributed by atoms with Crippen LogP contribution in [0, 0.1) is 0 Å². The highest BCUT2D eigenvalue weighted by Crippen LogP contribution is 2.26. The van der Waals surface area contributed by atoms with Gasteiger partial charge in [0.05, 0.1) is 24.9 Å². The Morgan fingerprint density at radius 3 is 2.37 bits per heavy atom. The van der Waals surface area contributed by atoms with Crippen LogP contribution in [0.3, 0.4) is 0 Å². The van der Waals surface area contributed by atoms with Gasteiger partial charge in [-0.1, -0.05) is 0 Å². The van der Waals surface area contributed by atoms with Gasteiger partial charge in [0.15, 0.2) is 11.6 Å². The fourth-order valence-corrected chi connectivity index (χ4v) is 3.10. The molecule has 2 N–H and O–H groups in total. The maximum Gasteiger partial charge on any atom is 0.245 e. The minimum Gasteiger partial charge on any atom is -0.497 e. The molecule has 0 saturated carbocycles. The first-order chi connectivity index (χ1) is 14.7. The SMILES string of the molecule is COc1ccc(Nc2nc3nonc3nc2N/N=C/c2ccc(OC)c(Br)c2)cc1. The van der Waals surface area contributed by atoms with Gasteiger partial charge in [0.2, 0.25) is 11.3 Å². The van der Waals surface area contributed by atoms with Crippen LogP contribution >= 0.6 is 15.9 Å². The number of hydrazone groups is 1. The van der Waals surface area contributed by atoms with Crippen molar-refractivity contribution in [1.82, 2.24) is 20.3 Å². The normalized spacial score (nSPS) is 11.0. The second-order valence-electron chi connectivity index (χ2n) is 5.95. The molecule has 0 aliphatic rings. The second kappa shape index (κ2) is 8.74. The summed E-state index contributed by atoms with van der Waals surface area (Å²) >= 11 is 3.45. The van der Waals surface area contributed by atoms with Crippen molar-refractivity contribution >= 4 is 50.8 Å². The topological polar surface area (TPSA) is 120 Å². The van der Waals surface area contributed by atoms with Gasteiger partial charge in [-0.05, 0) is 74.3 Å². The van der Waals surface area contributed by atoms with Crippen LogP contribution in [-0.4, -0.2) is 40.7 Å². The number of hydrogen-bond donors (Lipinski definition) is 2. The number of aromatic nitrogens is 4. The monoisotopic (exact) mass is 469 g/mol. The quantitative estimate of drug-likeness (QED) is 0.305. The molecule has 0 unspecified atom stereocenters. The van der Waals surface area contributed by atoms with E-state index in [0.717, 1.165) is 27.2 Å². The van der Waals surface area contributed by atoms with E-state index in [4.69, 9.17) is 14.1 Å². The summed E-state index contributed by atoms with van der Waals surface area (Å²) < 4.78 is 15.9. The molecule has 10 nitrogen and oxygen atoms in total. The summed E-state index contributed by atoms with van der Waals surface area (Å²) in [5.41, 5.74) is 5.07. The largest absolute Gasteiger partial charge is 0.497 e. The van der Waals surface area contributed by atoms with E-state index in [2.05, 4.69) is 52.1 Å². The van der Waals surface area contributed by atoms with E-state index in [1.807, 2.05) is 42.5 Å². The number of nitrogens with zero attached hydrogens (tertiary/aromatic N) is 5. The van der Waals surface area contributed by atoms with Crippen molar-refractivity contribution in [2.45, 2.75) is 0 Å². The van der Waals surface area contributed by atoms with Crippen LogP contribution in [-0.2, 0) is 0 Å². The second-order valence-corrected chi connectivity index (χ2v) is 6.80. The van der Waals surface area contributed by atoms with Crippen LogP contribution in [0.25, 0.3) is 11.3 Å². The van der Waals surface area contributed by atoms with Gasteiger partial charge in [0, 0.05) is 5.69 Å². The third-order valence-corrected chi connectivity index (χ3v) is 4.65. The summed E-state index contributed by atoms with van der Waals surface area (Å²) in [6, 6.07) is 13.0. The molecule has 0 atom stereocenters. The van der Waals surface area contributed by atoms with Crippen molar-refractivity contribution in [1.29, 1.82) is 0 Å². The molecule has 0 aliphatic carbocycles. The molecule has 0 spiro atoms. The molecule has 0 saturated heterocycles. The lowest BCUT2D eigenvalue weighted by atomic mass is 10.2. The molecule has 30 heavy (non-hydrogen) atoms. The highest BCUT2D eigenvalue weighted by molar-refractivity contribution is 9.10. The zero-order valence-corrected chi connectivity index (χ0v) is 17.5. The average molecular weight is 470 g/mol. The molecular formula is C19H16BrN7O3. The highest BCUT2D eigenvalue weighted by Gasteiger charge is 2.13. The predicted molar refractivity (Wildman–Crippen MR) is 116 cm³/mol. The Kier molecular flexibility index (Phi) is 5.70. The van der Waals surface area contributed by atoms with Crippen LogP contribution in [0.1, 0.15) is 5.56 Å². The summed E-state index contributed by atoms with van der Waals surface area (Å²) in [5.74, 6) is 2.26. The van der Waals surface area contributed by atoms with Gasteiger partial charge >= 0.3 is 0 Å². The van der Waals surface area contributed by atoms with Crippen LogP contribution in [0.2, 0.25) is 0 Å². The molecule has 4 rings (SSSR count). The number of nitrogens with one attached hydrogen (secondary N) is 2. The summed E-state index contributed by atoms with van der Waals surface area (Å²) in [5, 5.41) is 14.9. The van der Waals surface area contributed by atoms with Gasteiger partial charge in [-0.3, -0.25) is 5.43 Å². The molecule has 0 radical (unpaired) electrons. The van der Waals surface area contributed by atoms with E-state index in [9.17, 15) is 0 Å². The zero-order valence-electron chi connectivity index (χ0n) is 16.0. The van der Waals surface area contributed by atoms with Gasteiger partial charge < -0.3 is 14.8 Å². The Labute approximate surface area is 179 Å². The van der Waals surface area contributed by atoms with Crippen molar-refractivity contribution < 1.29 is 14.1 Å². The highest BCUT2D eigenvalue weighted by atomic mass is 79.9. The van der Waals surface area contributed by atoms with Crippen LogP contribution in [0.4, 0.5) is 17.3 Å². The first-order valence-electron chi connectivity index (χ1n) is 8.70. The fraction of sp³-hybridized carbons (Fsp3) is 0.105. The van der Waals surface area contributed by atoms with Crippen LogP contribution in [0.15, 0.2) is 56.7 Å². The third kappa shape index (κ3) is 4.30. The first kappa shape index (κ1) is 19.6. The summed E-state index contributed by atoms with van der Waals surface area (Å²) in [7, 11) is 3.22. The van der Waals surface area contributed by atoms with Gasteiger partial charge in [0.25, 0.3) is 0 Å². The van der Waals surface area contributed by atoms with E-state index in [0.29, 0.717) is 11.6 Å². The molecule has 2 aromatic carbocycles. The summed E-state index contributed by atoms with van der Waals surface area (Å²) in [4.78, 5) is 8.77. The summed E-state index contributed by atoms with van der Waals surface area (Å²) in [6.45, 7) is 0. The Bertz CT molecular complexity index is 1190. The van der Waals surface area contributed by atoms with Gasteiger partial charge in [0.1, 0.15) is 11.5 Å². The average Bonchev–Trinajstić information content (AvgIpc) is 3.22. The zero-order chi connectivity index (χ0) is 20.9. The molecule has 2 aromatic heterocycles. The molecule has 152 valence electrons. The maximum absolute atomic E-state index is 5.23. The molecular weight excluding hydrogens is 454 g/mol. The minimum atomic E-state index is 0.264. The number of fused-ring (bicyclic) bond motifs is 1. The van der Waals surface area contributed by atoms with E-state index in [1.165, 1.54) is 0 Å². The predicted octanol–water partition coefficient (Wildman–Crippen LogP) is 3.98. The minimum absolute atomic E-state index is 0.264. The van der Waals surface area contributed by atoms with Gasteiger partial charge in [-0.15, -0.1) is 0 Å². The Morgan fingerprint density at radius 2 is 1.70 bits per heavy atom. The number of rotatable bonds is 7. The van der Waals surface area contributed by atoms with Crippen molar-refractivity contribution in [3.63, 3.8) is 0 Å². The Balaban J connectivity index is 1.58. The van der Waals surface area contributed by atoms with Crippen molar-refractivity contribution in [3.8, 4) is 11.5 Å². The number of ether oxygens (including phenoxy) is 2. The Morgan fingerprint density at radius 1 is 0.967 bits per heavy atom. The lowest BCUT2D eigenvalue weighted by Crippen LogP contribution is -2.03. The van der Waals surface area contributed by atoms with Crippen LogP contribution < -0.4 is 20.2 Å².